The van der Waals surface area contributed by atoms with Crippen LogP contribution in [0.2, 0.25) is 0 Å². The summed E-state index contributed by atoms with van der Waals surface area (Å²) in [6, 6.07) is 15.4. The number of hydrogen-bond acceptors (Lipinski definition) is 6. The molecule has 3 aromatic rings. The molecule has 156 valence electrons. The van der Waals surface area contributed by atoms with Crippen LogP contribution in [-0.4, -0.2) is 44.5 Å². The van der Waals surface area contributed by atoms with Gasteiger partial charge in [0.15, 0.2) is 5.13 Å². The minimum atomic E-state index is -3.78. The number of carbonyl (C=O) groups is 1. The Morgan fingerprint density at radius 3 is 2.43 bits per heavy atom. The zero-order valence-electron chi connectivity index (χ0n) is 16.6. The molecular weight excluding hydrogens is 422 g/mol. The Morgan fingerprint density at radius 2 is 1.83 bits per heavy atom. The number of benzene rings is 2. The first kappa shape index (κ1) is 21.8. The summed E-state index contributed by atoms with van der Waals surface area (Å²) in [5, 5.41) is 2.43. The van der Waals surface area contributed by atoms with E-state index in [1.54, 1.807) is 6.08 Å². The SMILES string of the molecule is C=CCN(C(=O)c1ccc(S(=O)(=O)N(C)OC)cc1)c1nc(-c2ccccc2)cs1. The summed E-state index contributed by atoms with van der Waals surface area (Å²) in [5.41, 5.74) is 2.08. The van der Waals surface area contributed by atoms with Crippen LogP contribution in [0.25, 0.3) is 11.3 Å². The number of aromatic nitrogens is 1. The minimum Gasteiger partial charge on any atom is -0.288 e. The molecule has 3 rings (SSSR count). The van der Waals surface area contributed by atoms with E-state index in [2.05, 4.69) is 11.6 Å². The van der Waals surface area contributed by atoms with E-state index in [1.807, 2.05) is 35.7 Å². The van der Waals surface area contributed by atoms with Crippen molar-refractivity contribution < 1.29 is 18.0 Å². The summed E-state index contributed by atoms with van der Waals surface area (Å²) in [6.07, 6.45) is 1.62. The number of rotatable bonds is 8. The van der Waals surface area contributed by atoms with E-state index in [0.29, 0.717) is 10.7 Å². The molecule has 9 heteroatoms. The normalized spacial score (nSPS) is 11.4. The Balaban J connectivity index is 1.88. The molecule has 0 aliphatic carbocycles. The lowest BCUT2D eigenvalue weighted by atomic mass is 10.2. The molecule has 0 aliphatic rings. The fraction of sp³-hybridized carbons (Fsp3) is 0.143. The average Bonchev–Trinajstić information content (AvgIpc) is 3.27. The average molecular weight is 444 g/mol. The van der Waals surface area contributed by atoms with Crippen LogP contribution in [0.5, 0.6) is 0 Å². The highest BCUT2D eigenvalue weighted by molar-refractivity contribution is 7.89. The predicted molar refractivity (Wildman–Crippen MR) is 118 cm³/mol. The minimum absolute atomic E-state index is 0.0271. The highest BCUT2D eigenvalue weighted by Crippen LogP contribution is 2.28. The van der Waals surface area contributed by atoms with Crippen LogP contribution in [0.3, 0.4) is 0 Å². The van der Waals surface area contributed by atoms with E-state index in [1.165, 1.54) is 54.7 Å². The van der Waals surface area contributed by atoms with E-state index in [4.69, 9.17) is 4.84 Å². The molecule has 1 aromatic heterocycles. The van der Waals surface area contributed by atoms with Gasteiger partial charge in [-0.1, -0.05) is 40.9 Å². The monoisotopic (exact) mass is 443 g/mol. The fourth-order valence-electron chi connectivity index (χ4n) is 2.68. The quantitative estimate of drug-likeness (QED) is 0.391. The van der Waals surface area contributed by atoms with Gasteiger partial charge in [-0.3, -0.25) is 14.5 Å². The highest BCUT2D eigenvalue weighted by Gasteiger charge is 2.23. The number of nitrogens with zero attached hydrogens (tertiary/aromatic N) is 3. The predicted octanol–water partition coefficient (Wildman–Crippen LogP) is 3.82. The molecular formula is C21H21N3O4S2. The second-order valence-corrected chi connectivity index (χ2v) is 8.98. The third-order valence-electron chi connectivity index (χ3n) is 4.34. The largest absolute Gasteiger partial charge is 0.288 e. The second-order valence-electron chi connectivity index (χ2n) is 6.21. The number of amides is 1. The lowest BCUT2D eigenvalue weighted by Crippen LogP contribution is -2.31. The van der Waals surface area contributed by atoms with E-state index >= 15 is 0 Å². The molecule has 0 aliphatic heterocycles. The maximum absolute atomic E-state index is 13.1. The molecule has 0 fully saturated rings. The van der Waals surface area contributed by atoms with Gasteiger partial charge < -0.3 is 0 Å². The van der Waals surface area contributed by atoms with Crippen molar-refractivity contribution in [2.45, 2.75) is 4.90 Å². The summed E-state index contributed by atoms with van der Waals surface area (Å²) < 4.78 is 25.4. The van der Waals surface area contributed by atoms with Crippen LogP contribution in [-0.2, 0) is 14.9 Å². The summed E-state index contributed by atoms with van der Waals surface area (Å²) in [4.78, 5) is 24.0. The summed E-state index contributed by atoms with van der Waals surface area (Å²) in [5.74, 6) is -0.298. The zero-order valence-corrected chi connectivity index (χ0v) is 18.2. The van der Waals surface area contributed by atoms with Gasteiger partial charge in [-0.05, 0) is 24.3 Å². The maximum atomic E-state index is 13.1. The molecule has 0 saturated carbocycles. The van der Waals surface area contributed by atoms with Crippen molar-refractivity contribution in [3.8, 4) is 11.3 Å². The molecule has 0 radical (unpaired) electrons. The lowest BCUT2D eigenvalue weighted by Gasteiger charge is -2.18. The van der Waals surface area contributed by atoms with Gasteiger partial charge in [0.25, 0.3) is 15.9 Å². The molecule has 1 heterocycles. The van der Waals surface area contributed by atoms with Crippen molar-refractivity contribution in [1.82, 2.24) is 9.45 Å². The standard InChI is InChI=1S/C21H21N3O4S2/c1-4-14-24(21-22-19(15-29-21)16-8-6-5-7-9-16)20(25)17-10-12-18(13-11-17)30(26,27)23(2)28-3/h4-13,15H,1,14H2,2-3H3. The first-order valence-corrected chi connectivity index (χ1v) is 11.3. The molecule has 0 atom stereocenters. The third kappa shape index (κ3) is 4.49. The Morgan fingerprint density at radius 1 is 1.17 bits per heavy atom. The molecule has 0 spiro atoms. The molecule has 2 aromatic carbocycles. The van der Waals surface area contributed by atoms with Crippen LogP contribution in [0.15, 0.2) is 77.5 Å². The van der Waals surface area contributed by atoms with Gasteiger partial charge in [0.05, 0.1) is 17.7 Å². The Labute approximate surface area is 179 Å². The number of sulfonamides is 1. The second kappa shape index (κ2) is 9.31. The summed E-state index contributed by atoms with van der Waals surface area (Å²) in [7, 11) is -1.22. The molecule has 0 N–H and O–H groups in total. The van der Waals surface area contributed by atoms with Gasteiger partial charge in [0.2, 0.25) is 0 Å². The molecule has 30 heavy (non-hydrogen) atoms. The van der Waals surface area contributed by atoms with Gasteiger partial charge in [-0.2, -0.15) is 0 Å². The first-order valence-electron chi connectivity index (χ1n) is 8.95. The van der Waals surface area contributed by atoms with E-state index < -0.39 is 10.0 Å². The lowest BCUT2D eigenvalue weighted by molar-refractivity contribution is -0.0258. The van der Waals surface area contributed by atoms with Gasteiger partial charge in [0, 0.05) is 30.1 Å². The van der Waals surface area contributed by atoms with Crippen LogP contribution >= 0.6 is 11.3 Å². The van der Waals surface area contributed by atoms with E-state index in [-0.39, 0.29) is 17.3 Å². The number of thiazole rings is 1. The summed E-state index contributed by atoms with van der Waals surface area (Å²) in [6.45, 7) is 4.00. The number of hydrogen-bond donors (Lipinski definition) is 0. The molecule has 0 bridgehead atoms. The van der Waals surface area contributed by atoms with Gasteiger partial charge in [-0.25, -0.2) is 13.4 Å². The van der Waals surface area contributed by atoms with Crippen molar-refractivity contribution in [2.75, 3.05) is 25.6 Å². The summed E-state index contributed by atoms with van der Waals surface area (Å²) >= 11 is 1.36. The Kier molecular flexibility index (Phi) is 6.78. The van der Waals surface area contributed by atoms with Crippen LogP contribution in [0.4, 0.5) is 5.13 Å². The van der Waals surface area contributed by atoms with Crippen LogP contribution in [0.1, 0.15) is 10.4 Å². The van der Waals surface area contributed by atoms with Gasteiger partial charge >= 0.3 is 0 Å². The smallest absolute Gasteiger partial charge is 0.264 e. The van der Waals surface area contributed by atoms with E-state index in [0.717, 1.165) is 15.7 Å². The zero-order chi connectivity index (χ0) is 21.7. The first-order chi connectivity index (χ1) is 14.4. The topological polar surface area (TPSA) is 79.8 Å². The van der Waals surface area contributed by atoms with Crippen molar-refractivity contribution in [3.05, 3.63) is 78.2 Å². The number of hydroxylamine groups is 1. The number of carbonyl (C=O) groups excluding carboxylic acids is 1. The Hall–Kier alpha value is -2.85. The third-order valence-corrected chi connectivity index (χ3v) is 6.90. The molecule has 0 saturated heterocycles. The highest BCUT2D eigenvalue weighted by atomic mass is 32.2. The van der Waals surface area contributed by atoms with Gasteiger partial charge in [0.1, 0.15) is 0 Å². The van der Waals surface area contributed by atoms with Crippen LogP contribution < -0.4 is 4.90 Å². The van der Waals surface area contributed by atoms with E-state index in [9.17, 15) is 13.2 Å². The fourth-order valence-corrected chi connectivity index (χ4v) is 4.49. The maximum Gasteiger partial charge on any atom is 0.264 e. The van der Waals surface area contributed by atoms with Crippen molar-refractivity contribution >= 4 is 32.4 Å². The van der Waals surface area contributed by atoms with Crippen LogP contribution in [0, 0.1) is 0 Å². The molecule has 1 amide bonds. The Bertz CT molecular complexity index is 1130. The molecule has 7 nitrogen and oxygen atoms in total. The van der Waals surface area contributed by atoms with Crippen molar-refractivity contribution in [2.24, 2.45) is 0 Å². The van der Waals surface area contributed by atoms with Gasteiger partial charge in [-0.15, -0.1) is 17.9 Å². The van der Waals surface area contributed by atoms with Crippen molar-refractivity contribution in [3.63, 3.8) is 0 Å². The molecule has 0 unspecified atom stereocenters. The number of anilines is 1. The van der Waals surface area contributed by atoms with Crippen molar-refractivity contribution in [1.29, 1.82) is 0 Å².